The zero-order chi connectivity index (χ0) is 22.0. The minimum atomic E-state index is -0.269. The summed E-state index contributed by atoms with van der Waals surface area (Å²) in [6.07, 6.45) is 4.23. The molecule has 2 saturated heterocycles. The highest BCUT2D eigenvalue weighted by molar-refractivity contribution is 6.16. The molecule has 164 valence electrons. The Morgan fingerprint density at radius 1 is 1.19 bits per heavy atom. The van der Waals surface area contributed by atoms with Gasteiger partial charge in [-0.15, -0.1) is 0 Å². The summed E-state index contributed by atoms with van der Waals surface area (Å²) in [4.78, 5) is 23.4. The maximum atomic E-state index is 14.8. The second-order valence-corrected chi connectivity index (χ2v) is 8.35. The fourth-order valence-corrected chi connectivity index (χ4v) is 4.81. The van der Waals surface area contributed by atoms with E-state index in [1.165, 1.54) is 6.07 Å². The number of ether oxygens (including phenoxy) is 1. The van der Waals surface area contributed by atoms with E-state index >= 15 is 0 Å². The Morgan fingerprint density at radius 3 is 2.75 bits per heavy atom. The normalized spacial score (nSPS) is 19.9. The van der Waals surface area contributed by atoms with Crippen LogP contribution in [0.25, 0.3) is 21.9 Å². The van der Waals surface area contributed by atoms with Gasteiger partial charge < -0.3 is 25.3 Å². The molecular weight excluding hydrogens is 411 g/mol. The number of aromatic nitrogens is 5. The molecule has 2 unspecified atom stereocenters. The first-order valence-electron chi connectivity index (χ1n) is 10.7. The summed E-state index contributed by atoms with van der Waals surface area (Å²) in [5.41, 5.74) is 2.64. The smallest absolute Gasteiger partial charge is 0.326 e. The molecule has 10 heteroatoms. The van der Waals surface area contributed by atoms with Gasteiger partial charge in [0.05, 0.1) is 29.0 Å². The van der Waals surface area contributed by atoms with Crippen LogP contribution in [0.15, 0.2) is 18.5 Å². The van der Waals surface area contributed by atoms with Crippen molar-refractivity contribution >= 4 is 33.4 Å². The molecule has 0 spiro atoms. The van der Waals surface area contributed by atoms with E-state index in [2.05, 4.69) is 35.5 Å². The van der Waals surface area contributed by atoms with Gasteiger partial charge in [0.2, 0.25) is 0 Å². The number of fused-ring (bicyclic) bond motifs is 4. The lowest BCUT2D eigenvalue weighted by atomic mass is 9.97. The maximum absolute atomic E-state index is 14.8. The number of nitrogens with zero attached hydrogens (tertiary/aromatic N) is 5. The second kappa shape index (κ2) is 6.99. The summed E-state index contributed by atoms with van der Waals surface area (Å²) in [5, 5.41) is 8.21. The molecule has 0 bridgehead atoms. The fraction of sp³-hybridized carbons (Fsp3) is 0.364. The van der Waals surface area contributed by atoms with Gasteiger partial charge in [-0.3, -0.25) is 0 Å². The number of aryl methyl sites for hydroxylation is 2. The largest absolute Gasteiger partial charge is 0.421 e. The van der Waals surface area contributed by atoms with Crippen LogP contribution in [0.4, 0.5) is 15.9 Å². The molecule has 0 saturated carbocycles. The zero-order valence-electron chi connectivity index (χ0n) is 18.0. The van der Waals surface area contributed by atoms with E-state index < -0.39 is 0 Å². The van der Waals surface area contributed by atoms with E-state index in [-0.39, 0.29) is 11.8 Å². The lowest BCUT2D eigenvalue weighted by molar-refractivity contribution is 0.389. The Bertz CT molecular complexity index is 1350. The van der Waals surface area contributed by atoms with Crippen molar-refractivity contribution in [2.75, 3.05) is 30.4 Å². The SMILES string of the molecule is CNc1cc(F)c(C)c2c1[nH]c1nc(Oc3cnc(C)nc3)nc(N3CC4NCCC43)c12. The van der Waals surface area contributed by atoms with Crippen LogP contribution >= 0.6 is 0 Å². The van der Waals surface area contributed by atoms with Crippen LogP contribution in [0.1, 0.15) is 17.8 Å². The molecule has 4 aromatic rings. The molecule has 6 rings (SSSR count). The molecule has 0 aliphatic carbocycles. The minimum absolute atomic E-state index is 0.199. The van der Waals surface area contributed by atoms with E-state index in [4.69, 9.17) is 9.72 Å². The third-order valence-corrected chi connectivity index (χ3v) is 6.50. The summed E-state index contributed by atoms with van der Waals surface area (Å²) in [6.45, 7) is 5.42. The van der Waals surface area contributed by atoms with Crippen LogP contribution < -0.4 is 20.3 Å². The number of hydrogen-bond acceptors (Lipinski definition) is 8. The number of benzene rings is 1. The summed E-state index contributed by atoms with van der Waals surface area (Å²) in [6, 6.07) is 2.50. The molecule has 5 heterocycles. The van der Waals surface area contributed by atoms with E-state index in [9.17, 15) is 4.39 Å². The van der Waals surface area contributed by atoms with Crippen LogP contribution in [-0.4, -0.2) is 57.1 Å². The van der Waals surface area contributed by atoms with Crippen molar-refractivity contribution in [3.05, 3.63) is 35.7 Å². The van der Waals surface area contributed by atoms with Gasteiger partial charge in [0, 0.05) is 31.1 Å². The summed E-state index contributed by atoms with van der Waals surface area (Å²) in [5.74, 6) is 1.60. The first kappa shape index (κ1) is 19.2. The Morgan fingerprint density at radius 2 is 2.00 bits per heavy atom. The Kier molecular flexibility index (Phi) is 4.19. The van der Waals surface area contributed by atoms with Crippen molar-refractivity contribution in [3.63, 3.8) is 0 Å². The standard InChI is InChI=1S/C22H23FN8O/c1-10-13(23)6-14(24-3)19-17(10)18-20(28-19)29-22(32-12-7-26-11(2)27-8-12)30-21(18)31-9-15-16(31)4-5-25-15/h6-8,15-16,24-25H,4-5,9H2,1-3H3,(H,28,29,30). The van der Waals surface area contributed by atoms with E-state index in [0.717, 1.165) is 41.6 Å². The quantitative estimate of drug-likeness (QED) is 0.450. The highest BCUT2D eigenvalue weighted by Gasteiger charge is 2.44. The molecule has 3 aromatic heterocycles. The number of rotatable bonds is 4. The highest BCUT2D eigenvalue weighted by atomic mass is 19.1. The Balaban J connectivity index is 1.57. The van der Waals surface area contributed by atoms with Crippen molar-refractivity contribution in [2.24, 2.45) is 0 Å². The summed E-state index contributed by atoms with van der Waals surface area (Å²) in [7, 11) is 1.78. The maximum Gasteiger partial charge on any atom is 0.326 e. The molecule has 2 atom stereocenters. The van der Waals surface area contributed by atoms with Crippen LogP contribution in [0, 0.1) is 19.7 Å². The van der Waals surface area contributed by atoms with Gasteiger partial charge in [0.25, 0.3) is 0 Å². The number of hydrogen-bond donors (Lipinski definition) is 3. The monoisotopic (exact) mass is 434 g/mol. The average molecular weight is 434 g/mol. The van der Waals surface area contributed by atoms with Crippen molar-refractivity contribution in [1.82, 2.24) is 30.2 Å². The van der Waals surface area contributed by atoms with Gasteiger partial charge in [-0.2, -0.15) is 9.97 Å². The van der Waals surface area contributed by atoms with Crippen molar-refractivity contribution in [1.29, 1.82) is 0 Å². The summed E-state index contributed by atoms with van der Waals surface area (Å²) >= 11 is 0. The lowest BCUT2D eigenvalue weighted by Crippen LogP contribution is -2.61. The molecule has 1 aromatic carbocycles. The molecule has 32 heavy (non-hydrogen) atoms. The van der Waals surface area contributed by atoms with E-state index in [1.807, 2.05) is 6.92 Å². The zero-order valence-corrected chi connectivity index (χ0v) is 18.0. The third kappa shape index (κ3) is 2.79. The predicted octanol–water partition coefficient (Wildman–Crippen LogP) is 3.04. The predicted molar refractivity (Wildman–Crippen MR) is 120 cm³/mol. The molecule has 2 aliphatic heterocycles. The van der Waals surface area contributed by atoms with Crippen LogP contribution in [0.3, 0.4) is 0 Å². The van der Waals surface area contributed by atoms with Crippen molar-refractivity contribution in [3.8, 4) is 11.8 Å². The fourth-order valence-electron chi connectivity index (χ4n) is 4.81. The number of anilines is 2. The second-order valence-electron chi connectivity index (χ2n) is 8.35. The van der Waals surface area contributed by atoms with Crippen LogP contribution in [0.5, 0.6) is 11.8 Å². The van der Waals surface area contributed by atoms with Gasteiger partial charge in [0.1, 0.15) is 23.1 Å². The van der Waals surface area contributed by atoms with E-state index in [0.29, 0.717) is 40.6 Å². The molecule has 3 N–H and O–H groups in total. The van der Waals surface area contributed by atoms with Gasteiger partial charge in [-0.05, 0) is 38.4 Å². The Hall–Kier alpha value is -3.53. The van der Waals surface area contributed by atoms with Crippen molar-refractivity contribution < 1.29 is 9.13 Å². The molecule has 0 radical (unpaired) electrons. The number of halogens is 1. The van der Waals surface area contributed by atoms with E-state index in [1.54, 1.807) is 26.4 Å². The molecule has 9 nitrogen and oxygen atoms in total. The first-order chi connectivity index (χ1) is 15.5. The molecule has 0 amide bonds. The van der Waals surface area contributed by atoms with Gasteiger partial charge in [0.15, 0.2) is 5.75 Å². The molecule has 2 fully saturated rings. The van der Waals surface area contributed by atoms with Crippen molar-refractivity contribution in [2.45, 2.75) is 32.4 Å². The first-order valence-corrected chi connectivity index (χ1v) is 10.7. The topological polar surface area (TPSA) is 104 Å². The van der Waals surface area contributed by atoms with Gasteiger partial charge >= 0.3 is 6.01 Å². The Labute approximate surface area is 183 Å². The molecular formula is C22H23FN8O. The van der Waals surface area contributed by atoms with Gasteiger partial charge in [-0.1, -0.05) is 0 Å². The van der Waals surface area contributed by atoms with Gasteiger partial charge in [-0.25, -0.2) is 14.4 Å². The number of aromatic amines is 1. The summed E-state index contributed by atoms with van der Waals surface area (Å²) < 4.78 is 20.7. The minimum Gasteiger partial charge on any atom is -0.421 e. The van der Waals surface area contributed by atoms with Crippen LogP contribution in [-0.2, 0) is 0 Å². The number of nitrogens with one attached hydrogen (secondary N) is 3. The lowest BCUT2D eigenvalue weighted by Gasteiger charge is -2.45. The average Bonchev–Trinajstić information content (AvgIpc) is 3.33. The molecule has 2 aliphatic rings. The third-order valence-electron chi connectivity index (χ3n) is 6.50. The number of H-pyrrole nitrogens is 1. The highest BCUT2D eigenvalue weighted by Crippen LogP contribution is 2.42. The van der Waals surface area contributed by atoms with Crippen LogP contribution in [0.2, 0.25) is 0 Å².